The summed E-state index contributed by atoms with van der Waals surface area (Å²) in [6, 6.07) is 0. The Kier molecular flexibility index (Phi) is 2.31. The Morgan fingerprint density at radius 3 is 2.78 bits per heavy atom. The minimum Gasteiger partial charge on any atom is -0.460 e. The molecular weight excluding hydrogens is 232 g/mol. The number of epoxide rings is 1. The average molecular weight is 252 g/mol. The van der Waals surface area contributed by atoms with E-state index in [1.807, 2.05) is 0 Å². The standard InChI is InChI=1S/C14H20O4/c1-8-6-10-4-5-14(8,18-10)13(15)16-9-2-3-11-12(7-9)17-11/h8-12H,2-7H2,1H3. The first kappa shape index (κ1) is 11.2. The van der Waals surface area contributed by atoms with Crippen LogP contribution in [0.5, 0.6) is 0 Å². The van der Waals surface area contributed by atoms with Crippen molar-refractivity contribution in [2.75, 3.05) is 0 Å². The molecule has 0 N–H and O–H groups in total. The van der Waals surface area contributed by atoms with E-state index in [2.05, 4.69) is 6.92 Å². The van der Waals surface area contributed by atoms with Crippen molar-refractivity contribution in [2.24, 2.45) is 5.92 Å². The van der Waals surface area contributed by atoms with Crippen LogP contribution in [0.4, 0.5) is 0 Å². The molecular formula is C14H20O4. The summed E-state index contributed by atoms with van der Waals surface area (Å²) in [5.74, 6) is 0.191. The van der Waals surface area contributed by atoms with E-state index in [4.69, 9.17) is 14.2 Å². The van der Waals surface area contributed by atoms with E-state index in [1.165, 1.54) is 0 Å². The lowest BCUT2D eigenvalue weighted by Crippen LogP contribution is -2.44. The van der Waals surface area contributed by atoms with E-state index in [0.717, 1.165) is 38.5 Å². The van der Waals surface area contributed by atoms with Gasteiger partial charge in [0.25, 0.3) is 0 Å². The second-order valence-corrected chi connectivity index (χ2v) is 6.36. The molecule has 2 bridgehead atoms. The van der Waals surface area contributed by atoms with Crippen molar-refractivity contribution in [2.45, 2.75) is 75.5 Å². The Morgan fingerprint density at radius 2 is 2.11 bits per heavy atom. The van der Waals surface area contributed by atoms with Crippen LogP contribution in [0.3, 0.4) is 0 Å². The Bertz CT molecular complexity index is 382. The van der Waals surface area contributed by atoms with E-state index in [1.54, 1.807) is 0 Å². The molecule has 100 valence electrons. The van der Waals surface area contributed by atoms with Crippen molar-refractivity contribution in [3.8, 4) is 0 Å². The van der Waals surface area contributed by atoms with Crippen LogP contribution in [0.15, 0.2) is 0 Å². The number of hydrogen-bond acceptors (Lipinski definition) is 4. The zero-order valence-corrected chi connectivity index (χ0v) is 10.8. The summed E-state index contributed by atoms with van der Waals surface area (Å²) in [5, 5.41) is 0. The molecule has 1 saturated carbocycles. The van der Waals surface area contributed by atoms with Crippen molar-refractivity contribution >= 4 is 5.97 Å². The molecule has 3 saturated heterocycles. The Hall–Kier alpha value is -0.610. The molecule has 0 aromatic rings. The molecule has 4 aliphatic rings. The topological polar surface area (TPSA) is 48.1 Å². The van der Waals surface area contributed by atoms with Crippen LogP contribution < -0.4 is 0 Å². The third-order valence-corrected chi connectivity index (χ3v) is 5.20. The number of fused-ring (bicyclic) bond motifs is 3. The molecule has 1 aliphatic carbocycles. The highest BCUT2D eigenvalue weighted by Crippen LogP contribution is 2.49. The van der Waals surface area contributed by atoms with Gasteiger partial charge in [0.1, 0.15) is 6.10 Å². The highest BCUT2D eigenvalue weighted by molar-refractivity contribution is 5.81. The Labute approximate surface area is 107 Å². The first-order valence-corrected chi connectivity index (χ1v) is 7.22. The monoisotopic (exact) mass is 252 g/mol. The maximum Gasteiger partial charge on any atom is 0.338 e. The summed E-state index contributed by atoms with van der Waals surface area (Å²) in [6.07, 6.45) is 6.86. The van der Waals surface area contributed by atoms with E-state index in [0.29, 0.717) is 18.1 Å². The van der Waals surface area contributed by atoms with Crippen molar-refractivity contribution in [3.63, 3.8) is 0 Å². The first-order chi connectivity index (χ1) is 8.67. The molecule has 4 nitrogen and oxygen atoms in total. The third-order valence-electron chi connectivity index (χ3n) is 5.20. The molecule has 4 rings (SSSR count). The molecule has 0 spiro atoms. The number of carbonyl (C=O) groups excluding carboxylic acids is 1. The number of hydrogen-bond donors (Lipinski definition) is 0. The van der Waals surface area contributed by atoms with Gasteiger partial charge in [-0.3, -0.25) is 0 Å². The summed E-state index contributed by atoms with van der Waals surface area (Å²) in [7, 11) is 0. The predicted octanol–water partition coefficient (Wildman–Crippen LogP) is 1.81. The second kappa shape index (κ2) is 3.70. The highest BCUT2D eigenvalue weighted by Gasteiger charge is 2.58. The number of esters is 1. The van der Waals surface area contributed by atoms with E-state index in [-0.39, 0.29) is 18.2 Å². The quantitative estimate of drug-likeness (QED) is 0.555. The van der Waals surface area contributed by atoms with Gasteiger partial charge in [0, 0.05) is 6.42 Å². The minimum atomic E-state index is -0.619. The fourth-order valence-corrected chi connectivity index (χ4v) is 3.98. The lowest BCUT2D eigenvalue weighted by atomic mass is 9.79. The maximum absolute atomic E-state index is 12.4. The van der Waals surface area contributed by atoms with Crippen LogP contribution in [-0.4, -0.2) is 36.0 Å². The van der Waals surface area contributed by atoms with Crippen molar-refractivity contribution < 1.29 is 19.0 Å². The van der Waals surface area contributed by atoms with Gasteiger partial charge < -0.3 is 14.2 Å². The zero-order valence-electron chi connectivity index (χ0n) is 10.8. The Morgan fingerprint density at radius 1 is 1.22 bits per heavy atom. The summed E-state index contributed by atoms with van der Waals surface area (Å²) < 4.78 is 17.1. The van der Waals surface area contributed by atoms with E-state index in [9.17, 15) is 4.79 Å². The third kappa shape index (κ3) is 1.55. The van der Waals surface area contributed by atoms with Gasteiger partial charge in [-0.05, 0) is 38.0 Å². The van der Waals surface area contributed by atoms with Crippen LogP contribution in [0, 0.1) is 5.92 Å². The smallest absolute Gasteiger partial charge is 0.338 e. The van der Waals surface area contributed by atoms with Crippen LogP contribution in [0.2, 0.25) is 0 Å². The van der Waals surface area contributed by atoms with Gasteiger partial charge >= 0.3 is 5.97 Å². The van der Waals surface area contributed by atoms with Crippen molar-refractivity contribution in [3.05, 3.63) is 0 Å². The predicted molar refractivity (Wildman–Crippen MR) is 63.0 cm³/mol. The molecule has 0 aromatic heterocycles. The molecule has 0 amide bonds. The molecule has 4 fully saturated rings. The van der Waals surface area contributed by atoms with Gasteiger partial charge in [-0.25, -0.2) is 4.79 Å². The molecule has 3 aliphatic heterocycles. The number of carbonyl (C=O) groups is 1. The van der Waals surface area contributed by atoms with Gasteiger partial charge in [-0.2, -0.15) is 0 Å². The van der Waals surface area contributed by atoms with Crippen LogP contribution in [-0.2, 0) is 19.0 Å². The van der Waals surface area contributed by atoms with E-state index < -0.39 is 5.60 Å². The number of ether oxygens (including phenoxy) is 3. The largest absolute Gasteiger partial charge is 0.460 e. The van der Waals surface area contributed by atoms with Gasteiger partial charge in [-0.15, -0.1) is 0 Å². The summed E-state index contributed by atoms with van der Waals surface area (Å²) >= 11 is 0. The summed E-state index contributed by atoms with van der Waals surface area (Å²) in [6.45, 7) is 2.11. The SMILES string of the molecule is CC1CC2CCC1(C(=O)OC1CCC3OC3C1)O2. The Balaban J connectivity index is 1.43. The van der Waals surface area contributed by atoms with Gasteiger partial charge in [0.2, 0.25) is 0 Å². The average Bonchev–Trinajstić information content (AvgIpc) is 2.88. The summed E-state index contributed by atoms with van der Waals surface area (Å²) in [5.41, 5.74) is -0.619. The van der Waals surface area contributed by atoms with Crippen LogP contribution in [0.25, 0.3) is 0 Å². The molecule has 6 atom stereocenters. The van der Waals surface area contributed by atoms with Crippen molar-refractivity contribution in [1.82, 2.24) is 0 Å². The molecule has 6 unspecified atom stereocenters. The molecule has 18 heavy (non-hydrogen) atoms. The highest BCUT2D eigenvalue weighted by atomic mass is 16.6. The van der Waals surface area contributed by atoms with Gasteiger partial charge in [0.15, 0.2) is 5.60 Å². The normalized spacial score (nSPS) is 53.1. The molecule has 0 radical (unpaired) electrons. The second-order valence-electron chi connectivity index (χ2n) is 6.36. The lowest BCUT2D eigenvalue weighted by molar-refractivity contribution is -0.175. The molecule has 4 heteroatoms. The maximum atomic E-state index is 12.4. The van der Waals surface area contributed by atoms with Gasteiger partial charge in [0.05, 0.1) is 18.3 Å². The molecule has 3 heterocycles. The zero-order chi connectivity index (χ0) is 12.3. The molecule has 0 aromatic carbocycles. The van der Waals surface area contributed by atoms with Gasteiger partial charge in [-0.1, -0.05) is 6.92 Å². The fourth-order valence-electron chi connectivity index (χ4n) is 3.98. The fraction of sp³-hybridized carbons (Fsp3) is 0.929. The lowest BCUT2D eigenvalue weighted by Gasteiger charge is -2.30. The van der Waals surface area contributed by atoms with Crippen LogP contribution in [0.1, 0.15) is 45.4 Å². The first-order valence-electron chi connectivity index (χ1n) is 7.22. The van der Waals surface area contributed by atoms with E-state index >= 15 is 0 Å². The van der Waals surface area contributed by atoms with Crippen LogP contribution >= 0.6 is 0 Å². The minimum absolute atomic E-state index is 0.0473. The van der Waals surface area contributed by atoms with Crippen molar-refractivity contribution in [1.29, 1.82) is 0 Å². The number of rotatable bonds is 2. The summed E-state index contributed by atoms with van der Waals surface area (Å²) in [4.78, 5) is 12.4.